The minimum atomic E-state index is -4.74. The van der Waals surface area contributed by atoms with Gasteiger partial charge >= 0.3 is 12.1 Å². The third-order valence-electron chi connectivity index (χ3n) is 6.45. The summed E-state index contributed by atoms with van der Waals surface area (Å²) in [6, 6.07) is 4.48. The zero-order valence-electron chi connectivity index (χ0n) is 17.2. The molecule has 2 fully saturated rings. The number of carbonyl (C=O) groups is 2. The molecule has 0 radical (unpaired) electrons. The van der Waals surface area contributed by atoms with Gasteiger partial charge < -0.3 is 19.5 Å². The van der Waals surface area contributed by atoms with Crippen LogP contribution in [0.4, 0.5) is 13.2 Å². The highest BCUT2D eigenvalue weighted by Gasteiger charge is 2.45. The Balaban J connectivity index is 1.34. The van der Waals surface area contributed by atoms with Crippen LogP contribution in [-0.2, 0) is 22.3 Å². The quantitative estimate of drug-likeness (QED) is 0.770. The summed E-state index contributed by atoms with van der Waals surface area (Å²) in [5.74, 6) is -1.94. The number of fused-ring (bicyclic) bond motifs is 1. The summed E-state index contributed by atoms with van der Waals surface area (Å²) in [6.07, 6.45) is -2.30. The zero-order chi connectivity index (χ0) is 22.7. The number of alkyl halides is 3. The molecule has 1 saturated carbocycles. The topological polar surface area (TPSA) is 97.6 Å². The van der Waals surface area contributed by atoms with Gasteiger partial charge in [0.1, 0.15) is 0 Å². The molecule has 11 heteroatoms. The molecule has 0 spiro atoms. The molecule has 1 aliphatic carbocycles. The van der Waals surface area contributed by atoms with Crippen molar-refractivity contribution >= 4 is 11.8 Å². The third-order valence-corrected chi connectivity index (χ3v) is 6.45. The Hall–Kier alpha value is -2.95. The van der Waals surface area contributed by atoms with Gasteiger partial charge in [-0.2, -0.15) is 18.2 Å². The first-order valence-electron chi connectivity index (χ1n) is 10.4. The van der Waals surface area contributed by atoms with Gasteiger partial charge in [0.2, 0.25) is 11.7 Å². The molecule has 170 valence electrons. The lowest BCUT2D eigenvalue weighted by molar-refractivity contribution is -0.159. The summed E-state index contributed by atoms with van der Waals surface area (Å²) in [6.45, 7) is 3.01. The van der Waals surface area contributed by atoms with Gasteiger partial charge in [0.05, 0.1) is 24.7 Å². The van der Waals surface area contributed by atoms with E-state index >= 15 is 0 Å². The van der Waals surface area contributed by atoms with Crippen molar-refractivity contribution < 1.29 is 32.0 Å². The van der Waals surface area contributed by atoms with E-state index in [0.29, 0.717) is 25.3 Å². The molecule has 1 aromatic carbocycles. The molecule has 8 nitrogen and oxygen atoms in total. The largest absolute Gasteiger partial charge is 0.471 e. The lowest BCUT2D eigenvalue weighted by Crippen LogP contribution is -2.57. The molecule has 2 atom stereocenters. The molecule has 3 aliphatic rings. The molecule has 5 rings (SSSR count). The van der Waals surface area contributed by atoms with Gasteiger partial charge in [0.15, 0.2) is 0 Å². The number of benzene rings is 1. The minimum Gasteiger partial charge on any atom is -0.379 e. The molecular weight excluding hydrogens is 429 g/mol. The number of halogens is 3. The third kappa shape index (κ3) is 3.44. The highest BCUT2D eigenvalue weighted by atomic mass is 19.4. The van der Waals surface area contributed by atoms with Gasteiger partial charge in [-0.05, 0) is 37.8 Å². The second kappa shape index (κ2) is 7.29. The van der Waals surface area contributed by atoms with E-state index in [-0.39, 0.29) is 35.3 Å². The van der Waals surface area contributed by atoms with E-state index in [1.54, 1.807) is 17.0 Å². The fraction of sp³-hybridized carbons (Fsp3) is 0.524. The molecule has 2 amide bonds. The van der Waals surface area contributed by atoms with E-state index in [1.165, 1.54) is 6.07 Å². The highest BCUT2D eigenvalue weighted by molar-refractivity contribution is 5.99. The maximum atomic E-state index is 13.2. The predicted molar refractivity (Wildman–Crippen MR) is 103 cm³/mol. The van der Waals surface area contributed by atoms with Crippen molar-refractivity contribution in [3.63, 3.8) is 0 Å². The molecule has 1 saturated heterocycles. The van der Waals surface area contributed by atoms with Crippen LogP contribution in [0, 0.1) is 5.41 Å². The molecule has 1 N–H and O–H groups in total. The number of rotatable bonds is 4. The van der Waals surface area contributed by atoms with Crippen LogP contribution in [0.2, 0.25) is 0 Å². The summed E-state index contributed by atoms with van der Waals surface area (Å²) < 4.78 is 47.7. The summed E-state index contributed by atoms with van der Waals surface area (Å²) in [5.41, 5.74) is 0.916. The first-order valence-corrected chi connectivity index (χ1v) is 10.4. The highest BCUT2D eigenvalue weighted by Crippen LogP contribution is 2.35. The van der Waals surface area contributed by atoms with Crippen LogP contribution in [-0.4, -0.2) is 52.2 Å². The van der Waals surface area contributed by atoms with E-state index in [2.05, 4.69) is 20.0 Å². The van der Waals surface area contributed by atoms with Crippen LogP contribution in [0.5, 0.6) is 0 Å². The number of nitrogens with zero attached hydrogens (tertiary/aromatic N) is 3. The number of carbonyl (C=O) groups excluding carboxylic acids is 2. The van der Waals surface area contributed by atoms with Crippen molar-refractivity contribution in [2.45, 2.75) is 51.0 Å². The molecule has 32 heavy (non-hydrogen) atoms. The Kier molecular flexibility index (Phi) is 4.77. The molecule has 2 aliphatic heterocycles. The smallest absolute Gasteiger partial charge is 0.379 e. The number of amides is 2. The second-order valence-corrected chi connectivity index (χ2v) is 8.86. The number of ether oxygens (including phenoxy) is 1. The van der Waals surface area contributed by atoms with Crippen molar-refractivity contribution in [2.24, 2.45) is 5.41 Å². The Morgan fingerprint density at radius 1 is 1.28 bits per heavy atom. The summed E-state index contributed by atoms with van der Waals surface area (Å²) in [7, 11) is 0. The van der Waals surface area contributed by atoms with E-state index in [1.807, 2.05) is 6.92 Å². The van der Waals surface area contributed by atoms with Gasteiger partial charge in [-0.25, -0.2) is 0 Å². The predicted octanol–water partition coefficient (Wildman–Crippen LogP) is 2.79. The molecule has 2 aromatic rings. The molecule has 3 heterocycles. The Bertz CT molecular complexity index is 1080. The van der Waals surface area contributed by atoms with Crippen molar-refractivity contribution in [1.29, 1.82) is 0 Å². The molecular formula is C21H21F3N4O4. The van der Waals surface area contributed by atoms with E-state index in [9.17, 15) is 22.8 Å². The molecule has 0 bridgehead atoms. The Labute approximate surface area is 181 Å². The molecule has 1 aromatic heterocycles. The number of hydrogen-bond donors (Lipinski definition) is 1. The first kappa shape index (κ1) is 20.9. The normalized spacial score (nSPS) is 24.4. The fourth-order valence-corrected chi connectivity index (χ4v) is 4.55. The van der Waals surface area contributed by atoms with E-state index < -0.39 is 17.5 Å². The van der Waals surface area contributed by atoms with Gasteiger partial charge in [-0.15, -0.1) is 0 Å². The Morgan fingerprint density at radius 2 is 2.06 bits per heavy atom. The summed E-state index contributed by atoms with van der Waals surface area (Å²) in [4.78, 5) is 31.0. The van der Waals surface area contributed by atoms with E-state index in [0.717, 1.165) is 24.8 Å². The van der Waals surface area contributed by atoms with Crippen molar-refractivity contribution in [2.75, 3.05) is 13.2 Å². The number of hydrogen-bond acceptors (Lipinski definition) is 6. The Morgan fingerprint density at radius 3 is 2.72 bits per heavy atom. The molecule has 0 unspecified atom stereocenters. The maximum Gasteiger partial charge on any atom is 0.471 e. The average Bonchev–Trinajstić information content (AvgIpc) is 3.44. The van der Waals surface area contributed by atoms with Crippen molar-refractivity contribution in [3.05, 3.63) is 35.2 Å². The monoisotopic (exact) mass is 450 g/mol. The number of aromatic nitrogens is 2. The van der Waals surface area contributed by atoms with Crippen LogP contribution >= 0.6 is 0 Å². The van der Waals surface area contributed by atoms with Crippen molar-refractivity contribution in [1.82, 2.24) is 20.4 Å². The van der Waals surface area contributed by atoms with Gasteiger partial charge in [0, 0.05) is 23.7 Å². The van der Waals surface area contributed by atoms with Gasteiger partial charge in [-0.1, -0.05) is 17.3 Å². The van der Waals surface area contributed by atoms with Crippen LogP contribution in [0.15, 0.2) is 22.7 Å². The SMILES string of the molecule is CC1(C(=O)N[C@@H]2CCC[C@H]2N2Cc3ccc(-c4noc(C(F)(F)F)n4)cc3C2=O)COC1. The second-order valence-electron chi connectivity index (χ2n) is 8.86. The first-order chi connectivity index (χ1) is 15.2. The lowest BCUT2D eigenvalue weighted by atomic mass is 9.87. The summed E-state index contributed by atoms with van der Waals surface area (Å²) >= 11 is 0. The van der Waals surface area contributed by atoms with Gasteiger partial charge in [0.25, 0.3) is 5.91 Å². The maximum absolute atomic E-state index is 13.2. The number of nitrogens with one attached hydrogen (secondary N) is 1. The zero-order valence-corrected chi connectivity index (χ0v) is 17.2. The lowest BCUT2D eigenvalue weighted by Gasteiger charge is -2.38. The van der Waals surface area contributed by atoms with Crippen LogP contribution < -0.4 is 5.32 Å². The summed E-state index contributed by atoms with van der Waals surface area (Å²) in [5, 5.41) is 6.49. The van der Waals surface area contributed by atoms with Crippen LogP contribution in [0.3, 0.4) is 0 Å². The van der Waals surface area contributed by atoms with Gasteiger partial charge in [-0.3, -0.25) is 9.59 Å². The average molecular weight is 450 g/mol. The standard InChI is InChI=1S/C21H21F3N4O4/c1-20(9-31-10-20)18(30)25-14-3-2-4-15(14)28-8-12-6-5-11(7-13(12)17(28)29)16-26-19(32-27-16)21(22,23)24/h5-7,14-15H,2-4,8-10H2,1H3,(H,25,30)/t14-,15-/m1/s1. The van der Waals surface area contributed by atoms with Crippen LogP contribution in [0.1, 0.15) is 48.0 Å². The minimum absolute atomic E-state index is 0.0651. The van der Waals surface area contributed by atoms with Crippen molar-refractivity contribution in [3.8, 4) is 11.4 Å². The fourth-order valence-electron chi connectivity index (χ4n) is 4.55. The van der Waals surface area contributed by atoms with E-state index in [4.69, 9.17) is 4.74 Å². The van der Waals surface area contributed by atoms with Crippen LogP contribution in [0.25, 0.3) is 11.4 Å².